The Labute approximate surface area is 181 Å². The quantitative estimate of drug-likeness (QED) is 0.508. The Balaban J connectivity index is 1.27. The van der Waals surface area contributed by atoms with Gasteiger partial charge in [-0.2, -0.15) is 23.3 Å². The summed E-state index contributed by atoms with van der Waals surface area (Å²) in [6.45, 7) is 3.84. The first-order valence-corrected chi connectivity index (χ1v) is 10.1. The Bertz CT molecular complexity index is 1260. The predicted molar refractivity (Wildman–Crippen MR) is 113 cm³/mol. The fourth-order valence-electron chi connectivity index (χ4n) is 3.97. The number of pyridine rings is 1. The summed E-state index contributed by atoms with van der Waals surface area (Å²) in [7, 11) is 2.03. The van der Waals surface area contributed by atoms with Crippen LogP contribution < -0.4 is 10.2 Å². The molecule has 0 fully saturated rings. The highest BCUT2D eigenvalue weighted by Crippen LogP contribution is 2.33. The Morgan fingerprint density at radius 1 is 1.12 bits per heavy atom. The number of nitrogens with zero attached hydrogens (tertiary/aromatic N) is 7. The van der Waals surface area contributed by atoms with Gasteiger partial charge in [-0.05, 0) is 24.6 Å². The summed E-state index contributed by atoms with van der Waals surface area (Å²) in [5.41, 5.74) is 2.56. The molecule has 0 unspecified atom stereocenters. The highest BCUT2D eigenvalue weighted by atomic mass is 19.4. The lowest BCUT2D eigenvalue weighted by molar-refractivity contribution is -0.141. The molecule has 0 radical (unpaired) electrons. The first-order chi connectivity index (χ1) is 15.3. The lowest BCUT2D eigenvalue weighted by Gasteiger charge is -2.30. The molecule has 0 aliphatic carbocycles. The molecular weight excluding hydrogens is 421 g/mol. The molecule has 0 bridgehead atoms. The van der Waals surface area contributed by atoms with Gasteiger partial charge in [0.25, 0.3) is 0 Å². The molecule has 0 amide bonds. The molecule has 8 nitrogen and oxygen atoms in total. The SMILES string of the molecule is C[C@@H]1CN(C)c2nc(NCc3cnn(Cc4ccc(C(F)(F)F)nc4)c3)nc3ccn1c23. The maximum atomic E-state index is 12.7. The van der Waals surface area contributed by atoms with E-state index < -0.39 is 11.9 Å². The monoisotopic (exact) mass is 442 g/mol. The average Bonchev–Trinajstić information content (AvgIpc) is 3.37. The Kier molecular flexibility index (Phi) is 4.75. The topological polar surface area (TPSA) is 76.7 Å². The molecule has 0 saturated carbocycles. The molecule has 32 heavy (non-hydrogen) atoms. The van der Waals surface area contributed by atoms with Crippen molar-refractivity contribution in [3.05, 3.63) is 59.8 Å². The van der Waals surface area contributed by atoms with E-state index in [-0.39, 0.29) is 0 Å². The van der Waals surface area contributed by atoms with E-state index in [0.717, 1.165) is 35.0 Å². The molecule has 4 aromatic heterocycles. The Morgan fingerprint density at radius 3 is 2.72 bits per heavy atom. The molecule has 0 saturated heterocycles. The molecule has 1 N–H and O–H groups in total. The third kappa shape index (κ3) is 3.74. The normalized spacial score (nSPS) is 16.0. The Morgan fingerprint density at radius 2 is 1.97 bits per heavy atom. The van der Waals surface area contributed by atoms with Gasteiger partial charge in [-0.25, -0.2) is 4.98 Å². The van der Waals surface area contributed by atoms with E-state index in [1.807, 2.05) is 25.5 Å². The van der Waals surface area contributed by atoms with Crippen molar-refractivity contribution in [1.29, 1.82) is 0 Å². The molecule has 5 heterocycles. The van der Waals surface area contributed by atoms with Crippen molar-refractivity contribution in [2.75, 3.05) is 23.8 Å². The maximum Gasteiger partial charge on any atom is 0.433 e. The van der Waals surface area contributed by atoms with Gasteiger partial charge in [0.15, 0.2) is 5.82 Å². The van der Waals surface area contributed by atoms with Gasteiger partial charge < -0.3 is 14.8 Å². The molecule has 4 aromatic rings. The smallest absolute Gasteiger partial charge is 0.356 e. The van der Waals surface area contributed by atoms with Gasteiger partial charge in [-0.1, -0.05) is 6.07 Å². The third-order valence-corrected chi connectivity index (χ3v) is 5.52. The molecule has 0 aromatic carbocycles. The highest BCUT2D eigenvalue weighted by molar-refractivity contribution is 5.89. The van der Waals surface area contributed by atoms with Crippen molar-refractivity contribution >= 4 is 22.8 Å². The third-order valence-electron chi connectivity index (χ3n) is 5.52. The van der Waals surface area contributed by atoms with Crippen LogP contribution in [0.25, 0.3) is 11.0 Å². The summed E-state index contributed by atoms with van der Waals surface area (Å²) in [5.74, 6) is 1.43. The van der Waals surface area contributed by atoms with Crippen LogP contribution in [-0.2, 0) is 19.3 Å². The molecule has 0 spiro atoms. The fraction of sp³-hybridized carbons (Fsp3) is 0.333. The van der Waals surface area contributed by atoms with E-state index in [9.17, 15) is 13.2 Å². The lowest BCUT2D eigenvalue weighted by Crippen LogP contribution is -2.31. The van der Waals surface area contributed by atoms with Gasteiger partial charge in [0.1, 0.15) is 11.2 Å². The zero-order valence-corrected chi connectivity index (χ0v) is 17.5. The molecule has 11 heteroatoms. The van der Waals surface area contributed by atoms with Gasteiger partial charge in [0.2, 0.25) is 5.95 Å². The van der Waals surface area contributed by atoms with E-state index in [0.29, 0.717) is 30.6 Å². The summed E-state index contributed by atoms with van der Waals surface area (Å²) in [4.78, 5) is 14.9. The largest absolute Gasteiger partial charge is 0.433 e. The van der Waals surface area contributed by atoms with Gasteiger partial charge in [-0.15, -0.1) is 0 Å². The van der Waals surface area contributed by atoms with Crippen LogP contribution in [0.5, 0.6) is 0 Å². The molecule has 1 atom stereocenters. The van der Waals surface area contributed by atoms with Crippen LogP contribution in [0.4, 0.5) is 24.9 Å². The van der Waals surface area contributed by atoms with Crippen molar-refractivity contribution < 1.29 is 13.2 Å². The zero-order chi connectivity index (χ0) is 22.5. The second-order valence-electron chi connectivity index (χ2n) is 8.01. The lowest BCUT2D eigenvalue weighted by atomic mass is 10.2. The minimum Gasteiger partial charge on any atom is -0.356 e. The van der Waals surface area contributed by atoms with Crippen LogP contribution in [-0.4, -0.2) is 42.9 Å². The first kappa shape index (κ1) is 20.3. The number of rotatable bonds is 5. The summed E-state index contributed by atoms with van der Waals surface area (Å²) in [5, 5.41) is 7.53. The minimum atomic E-state index is -4.44. The van der Waals surface area contributed by atoms with Crippen LogP contribution in [0.2, 0.25) is 0 Å². The van der Waals surface area contributed by atoms with Gasteiger partial charge in [0, 0.05) is 50.3 Å². The van der Waals surface area contributed by atoms with Gasteiger partial charge in [0.05, 0.1) is 18.3 Å². The number of aromatic nitrogens is 6. The van der Waals surface area contributed by atoms with Crippen LogP contribution in [0.1, 0.15) is 29.8 Å². The fourth-order valence-corrected chi connectivity index (χ4v) is 3.97. The minimum absolute atomic E-state index is 0.328. The zero-order valence-electron chi connectivity index (χ0n) is 17.5. The Hall–Kier alpha value is -3.63. The summed E-state index contributed by atoms with van der Waals surface area (Å²) >= 11 is 0. The van der Waals surface area contributed by atoms with Crippen molar-refractivity contribution in [3.8, 4) is 0 Å². The maximum absolute atomic E-state index is 12.7. The highest BCUT2D eigenvalue weighted by Gasteiger charge is 2.32. The van der Waals surface area contributed by atoms with Crippen molar-refractivity contribution in [3.63, 3.8) is 0 Å². The number of halogens is 3. The molecular formula is C21H21F3N8. The van der Waals surface area contributed by atoms with E-state index in [2.05, 4.69) is 36.8 Å². The van der Waals surface area contributed by atoms with E-state index in [1.54, 1.807) is 10.9 Å². The van der Waals surface area contributed by atoms with Crippen molar-refractivity contribution in [2.24, 2.45) is 0 Å². The number of likely N-dealkylation sites (N-methyl/N-ethyl adjacent to an activating group) is 1. The van der Waals surface area contributed by atoms with Crippen molar-refractivity contribution in [1.82, 2.24) is 29.3 Å². The van der Waals surface area contributed by atoms with Crippen LogP contribution in [0.15, 0.2) is 43.0 Å². The number of hydrogen-bond acceptors (Lipinski definition) is 6. The summed E-state index contributed by atoms with van der Waals surface area (Å²) < 4.78 is 41.8. The van der Waals surface area contributed by atoms with E-state index >= 15 is 0 Å². The molecule has 1 aliphatic rings. The summed E-state index contributed by atoms with van der Waals surface area (Å²) in [6.07, 6.45) is 2.36. The number of alkyl halides is 3. The van der Waals surface area contributed by atoms with Crippen molar-refractivity contribution in [2.45, 2.75) is 32.2 Å². The molecule has 5 rings (SSSR count). The first-order valence-electron chi connectivity index (χ1n) is 10.1. The second-order valence-corrected chi connectivity index (χ2v) is 8.01. The van der Waals surface area contributed by atoms with Gasteiger partial charge >= 0.3 is 6.18 Å². The second kappa shape index (κ2) is 7.50. The van der Waals surface area contributed by atoms with Crippen LogP contribution in [0.3, 0.4) is 0 Å². The van der Waals surface area contributed by atoms with Crippen LogP contribution >= 0.6 is 0 Å². The predicted octanol–water partition coefficient (Wildman–Crippen LogP) is 3.71. The van der Waals surface area contributed by atoms with E-state index in [4.69, 9.17) is 4.98 Å². The number of anilines is 2. The van der Waals surface area contributed by atoms with Crippen LogP contribution in [0, 0.1) is 0 Å². The standard InChI is InChI=1S/C21H21F3N8/c1-13-10-30(2)19-18-16(5-6-32(13)18)28-20(29-19)26-8-15-9-27-31(12-15)11-14-3-4-17(25-7-14)21(22,23)24/h3-7,9,12-13H,8,10-11H2,1-2H3,(H,26,28,29)/t13-/m1/s1. The number of hydrogen-bond donors (Lipinski definition) is 1. The summed E-state index contributed by atoms with van der Waals surface area (Å²) in [6, 6.07) is 4.75. The van der Waals surface area contributed by atoms with E-state index in [1.165, 1.54) is 12.3 Å². The average molecular weight is 442 g/mol. The molecule has 1 aliphatic heterocycles. The van der Waals surface area contributed by atoms with Gasteiger partial charge in [-0.3, -0.25) is 9.67 Å². The molecule has 166 valence electrons. The number of nitrogens with one attached hydrogen (secondary N) is 1.